The zero-order valence-corrected chi connectivity index (χ0v) is 9.69. The van der Waals surface area contributed by atoms with Gasteiger partial charge in [-0.1, -0.05) is 11.6 Å². The Morgan fingerprint density at radius 1 is 1.33 bits per heavy atom. The molecule has 0 saturated carbocycles. The fourth-order valence-corrected chi connectivity index (χ4v) is 1.48. The van der Waals surface area contributed by atoms with Crippen LogP contribution in [0.5, 0.6) is 11.5 Å². The number of hydrogen-bond donors (Lipinski definition) is 1. The van der Waals surface area contributed by atoms with E-state index < -0.39 is 11.8 Å². The van der Waals surface area contributed by atoms with Crippen molar-refractivity contribution in [1.29, 1.82) is 0 Å². The number of carboxylic acids is 1. The minimum Gasteiger partial charge on any atom is -0.478 e. The van der Waals surface area contributed by atoms with Gasteiger partial charge in [-0.15, -0.1) is 0 Å². The molecule has 0 aliphatic rings. The number of nitrogens with zero attached hydrogens (tertiary/aromatic N) is 1. The summed E-state index contributed by atoms with van der Waals surface area (Å²) in [5, 5.41) is 9.16. The second-order valence-corrected chi connectivity index (χ2v) is 3.76. The number of aromatic nitrogens is 1. The Kier molecular flexibility index (Phi) is 3.43. The molecule has 92 valence electrons. The lowest BCUT2D eigenvalue weighted by atomic mass is 10.2. The maximum Gasteiger partial charge on any atom is 0.339 e. The van der Waals surface area contributed by atoms with Crippen LogP contribution in [0.15, 0.2) is 36.7 Å². The highest BCUT2D eigenvalue weighted by molar-refractivity contribution is 6.31. The van der Waals surface area contributed by atoms with Crippen LogP contribution in [0.2, 0.25) is 5.02 Å². The first-order valence-corrected chi connectivity index (χ1v) is 5.26. The monoisotopic (exact) mass is 267 g/mol. The van der Waals surface area contributed by atoms with E-state index in [1.807, 2.05) is 0 Å². The lowest BCUT2D eigenvalue weighted by Gasteiger charge is -2.09. The van der Waals surface area contributed by atoms with Crippen molar-refractivity contribution >= 4 is 17.6 Å². The van der Waals surface area contributed by atoms with E-state index in [-0.39, 0.29) is 22.1 Å². The van der Waals surface area contributed by atoms with E-state index in [2.05, 4.69) is 4.98 Å². The van der Waals surface area contributed by atoms with Crippen LogP contribution in [0.3, 0.4) is 0 Å². The molecule has 0 bridgehead atoms. The summed E-state index contributed by atoms with van der Waals surface area (Å²) < 4.78 is 18.4. The number of carbonyl (C=O) groups is 1. The van der Waals surface area contributed by atoms with Crippen molar-refractivity contribution in [3.8, 4) is 11.5 Å². The molecule has 6 heteroatoms. The Balaban J connectivity index is 2.42. The number of carboxylic acid groups (broad SMARTS) is 1. The minimum atomic E-state index is -1.21. The SMILES string of the molecule is O=C(O)c1ccc(F)cc1Oc1ccncc1Cl. The predicted octanol–water partition coefficient (Wildman–Crippen LogP) is 3.36. The topological polar surface area (TPSA) is 59.4 Å². The molecule has 0 spiro atoms. The Morgan fingerprint density at radius 3 is 2.78 bits per heavy atom. The summed E-state index contributed by atoms with van der Waals surface area (Å²) in [7, 11) is 0. The van der Waals surface area contributed by atoms with Crippen molar-refractivity contribution in [2.75, 3.05) is 0 Å². The average Bonchev–Trinajstić information content (AvgIpc) is 2.32. The van der Waals surface area contributed by atoms with Crippen LogP contribution in [0, 0.1) is 5.82 Å². The smallest absolute Gasteiger partial charge is 0.339 e. The molecule has 0 atom stereocenters. The Labute approximate surface area is 107 Å². The van der Waals surface area contributed by atoms with Crippen LogP contribution in [0.1, 0.15) is 10.4 Å². The lowest BCUT2D eigenvalue weighted by Crippen LogP contribution is -2.00. The van der Waals surface area contributed by atoms with E-state index in [9.17, 15) is 9.18 Å². The van der Waals surface area contributed by atoms with Crippen molar-refractivity contribution in [2.24, 2.45) is 0 Å². The van der Waals surface area contributed by atoms with Crippen LogP contribution < -0.4 is 4.74 Å². The highest BCUT2D eigenvalue weighted by Crippen LogP contribution is 2.30. The fraction of sp³-hybridized carbons (Fsp3) is 0. The number of hydrogen-bond acceptors (Lipinski definition) is 3. The quantitative estimate of drug-likeness (QED) is 0.926. The van der Waals surface area contributed by atoms with Gasteiger partial charge in [0.05, 0.1) is 0 Å². The average molecular weight is 268 g/mol. The summed E-state index contributed by atoms with van der Waals surface area (Å²) in [4.78, 5) is 14.7. The van der Waals surface area contributed by atoms with E-state index >= 15 is 0 Å². The van der Waals surface area contributed by atoms with Gasteiger partial charge in [0.1, 0.15) is 27.9 Å². The molecule has 0 saturated heterocycles. The third-order valence-electron chi connectivity index (χ3n) is 2.13. The van der Waals surface area contributed by atoms with Gasteiger partial charge < -0.3 is 9.84 Å². The van der Waals surface area contributed by atoms with E-state index in [1.54, 1.807) is 0 Å². The Morgan fingerprint density at radius 2 is 2.11 bits per heavy atom. The second kappa shape index (κ2) is 5.01. The number of halogens is 2. The normalized spacial score (nSPS) is 10.1. The third kappa shape index (κ3) is 2.57. The highest BCUT2D eigenvalue weighted by Gasteiger charge is 2.14. The van der Waals surface area contributed by atoms with Gasteiger partial charge in [0.25, 0.3) is 0 Å². The molecule has 1 heterocycles. The largest absolute Gasteiger partial charge is 0.478 e. The van der Waals surface area contributed by atoms with E-state index in [1.165, 1.54) is 18.5 Å². The van der Waals surface area contributed by atoms with Gasteiger partial charge in [-0.2, -0.15) is 0 Å². The molecule has 4 nitrogen and oxygen atoms in total. The summed E-state index contributed by atoms with van der Waals surface area (Å²) in [6.45, 7) is 0. The van der Waals surface area contributed by atoms with Crippen LogP contribution in [-0.2, 0) is 0 Å². The summed E-state index contributed by atoms with van der Waals surface area (Å²) in [6, 6.07) is 4.62. The predicted molar refractivity (Wildman–Crippen MR) is 62.7 cm³/mol. The van der Waals surface area contributed by atoms with Crippen LogP contribution in [-0.4, -0.2) is 16.1 Å². The molecule has 1 aromatic heterocycles. The molecule has 1 aromatic carbocycles. The van der Waals surface area contributed by atoms with E-state index in [4.69, 9.17) is 21.4 Å². The number of pyridine rings is 1. The van der Waals surface area contributed by atoms with Gasteiger partial charge in [-0.25, -0.2) is 9.18 Å². The maximum absolute atomic E-state index is 13.1. The standard InChI is InChI=1S/C12H7ClFNO3/c13-9-6-15-4-3-10(9)18-11-5-7(14)1-2-8(11)12(16)17/h1-6H,(H,16,17). The first kappa shape index (κ1) is 12.3. The molecule has 0 aliphatic carbocycles. The van der Waals surface area contributed by atoms with Gasteiger partial charge in [-0.05, 0) is 12.1 Å². The molecule has 0 aliphatic heterocycles. The van der Waals surface area contributed by atoms with Gasteiger partial charge in [0.15, 0.2) is 0 Å². The second-order valence-electron chi connectivity index (χ2n) is 3.35. The third-order valence-corrected chi connectivity index (χ3v) is 2.41. The molecular formula is C12H7ClFNO3. The zero-order valence-electron chi connectivity index (χ0n) is 8.93. The highest BCUT2D eigenvalue weighted by atomic mass is 35.5. The number of aromatic carboxylic acids is 1. The first-order valence-electron chi connectivity index (χ1n) is 4.88. The summed E-state index contributed by atoms with van der Waals surface area (Å²) in [5.41, 5.74) is -0.149. The number of ether oxygens (including phenoxy) is 1. The molecule has 1 N–H and O–H groups in total. The first-order chi connectivity index (χ1) is 8.58. The van der Waals surface area contributed by atoms with Crippen molar-refractivity contribution in [2.45, 2.75) is 0 Å². The van der Waals surface area contributed by atoms with Crippen LogP contribution in [0.25, 0.3) is 0 Å². The van der Waals surface area contributed by atoms with E-state index in [0.29, 0.717) is 0 Å². The number of rotatable bonds is 3. The molecule has 0 unspecified atom stereocenters. The zero-order chi connectivity index (χ0) is 13.1. The maximum atomic E-state index is 13.1. The van der Waals surface area contributed by atoms with Gasteiger partial charge in [0.2, 0.25) is 0 Å². The van der Waals surface area contributed by atoms with Crippen molar-refractivity contribution in [3.05, 3.63) is 53.1 Å². The number of benzene rings is 1. The fourth-order valence-electron chi connectivity index (χ4n) is 1.32. The van der Waals surface area contributed by atoms with Gasteiger partial charge >= 0.3 is 5.97 Å². The van der Waals surface area contributed by atoms with Crippen molar-refractivity contribution in [3.63, 3.8) is 0 Å². The molecule has 2 aromatic rings. The minimum absolute atomic E-state index is 0.115. The van der Waals surface area contributed by atoms with Crippen LogP contribution in [0.4, 0.5) is 4.39 Å². The van der Waals surface area contributed by atoms with Crippen LogP contribution >= 0.6 is 11.6 Å². The molecular weight excluding hydrogens is 261 g/mol. The Hall–Kier alpha value is -2.14. The van der Waals surface area contributed by atoms with E-state index in [0.717, 1.165) is 18.2 Å². The molecule has 2 rings (SSSR count). The molecule has 0 radical (unpaired) electrons. The van der Waals surface area contributed by atoms with Gasteiger partial charge in [-0.3, -0.25) is 4.98 Å². The Bertz CT molecular complexity index is 604. The van der Waals surface area contributed by atoms with Crippen molar-refractivity contribution in [1.82, 2.24) is 4.98 Å². The summed E-state index contributed by atoms with van der Waals surface area (Å²) >= 11 is 5.82. The summed E-state index contributed by atoms with van der Waals surface area (Å²) in [5.74, 6) is -1.72. The molecule has 0 amide bonds. The molecule has 18 heavy (non-hydrogen) atoms. The van der Waals surface area contributed by atoms with Gasteiger partial charge in [0, 0.05) is 24.5 Å². The molecule has 0 fully saturated rings. The van der Waals surface area contributed by atoms with Crippen molar-refractivity contribution < 1.29 is 19.0 Å². The lowest BCUT2D eigenvalue weighted by molar-refractivity contribution is 0.0694. The summed E-state index contributed by atoms with van der Waals surface area (Å²) in [6.07, 6.45) is 2.78.